The van der Waals surface area contributed by atoms with E-state index in [0.717, 1.165) is 6.54 Å². The molecule has 1 unspecified atom stereocenters. The van der Waals surface area contributed by atoms with Crippen molar-refractivity contribution in [3.8, 4) is 0 Å². The fourth-order valence-corrected chi connectivity index (χ4v) is 3.05. The SMILES string of the molecule is C=Cc1ccc2c(c1)C(C=CCN(C)C)c1ccccc1C=C2. The second kappa shape index (κ2) is 6.80. The predicted molar refractivity (Wildman–Crippen MR) is 101 cm³/mol. The lowest BCUT2D eigenvalue weighted by Crippen LogP contribution is -2.11. The van der Waals surface area contributed by atoms with E-state index in [-0.39, 0.29) is 5.92 Å². The summed E-state index contributed by atoms with van der Waals surface area (Å²) in [6, 6.07) is 15.3. The molecule has 0 spiro atoms. The molecule has 0 fully saturated rings. The molecule has 2 aromatic carbocycles. The van der Waals surface area contributed by atoms with Gasteiger partial charge in [0.2, 0.25) is 0 Å². The molecule has 1 nitrogen and oxygen atoms in total. The standard InChI is InChI=1S/C22H23N/c1-4-17-11-12-19-14-13-18-8-5-6-9-20(18)21(22(19)16-17)10-7-15-23(2)3/h4-14,16,21H,1,15H2,2-3H3. The topological polar surface area (TPSA) is 3.24 Å². The van der Waals surface area contributed by atoms with E-state index < -0.39 is 0 Å². The molecule has 23 heavy (non-hydrogen) atoms. The van der Waals surface area contributed by atoms with Crippen LogP contribution in [0.15, 0.2) is 61.2 Å². The number of allylic oxidation sites excluding steroid dienone is 1. The number of likely N-dealkylation sites (N-methyl/N-ethyl adjacent to an activating group) is 1. The Kier molecular flexibility index (Phi) is 4.59. The van der Waals surface area contributed by atoms with Crippen molar-refractivity contribution >= 4 is 18.2 Å². The summed E-state index contributed by atoms with van der Waals surface area (Å²) in [5, 5.41) is 0. The Balaban J connectivity index is 2.13. The molecule has 3 rings (SSSR count). The van der Waals surface area contributed by atoms with Crippen molar-refractivity contribution in [3.05, 3.63) is 89.0 Å². The number of fused-ring (bicyclic) bond motifs is 2. The van der Waals surface area contributed by atoms with Crippen LogP contribution in [0, 0.1) is 0 Å². The van der Waals surface area contributed by atoms with Crippen LogP contribution in [0.5, 0.6) is 0 Å². The van der Waals surface area contributed by atoms with Crippen molar-refractivity contribution in [2.45, 2.75) is 5.92 Å². The molecule has 0 aliphatic heterocycles. The molecule has 0 heterocycles. The van der Waals surface area contributed by atoms with Crippen molar-refractivity contribution in [2.24, 2.45) is 0 Å². The number of rotatable bonds is 4. The minimum atomic E-state index is 0.274. The molecule has 116 valence electrons. The van der Waals surface area contributed by atoms with Gasteiger partial charge in [-0.25, -0.2) is 0 Å². The highest BCUT2D eigenvalue weighted by atomic mass is 15.0. The van der Waals surface area contributed by atoms with Gasteiger partial charge in [-0.1, -0.05) is 79.4 Å². The maximum Gasteiger partial charge on any atom is 0.0282 e. The van der Waals surface area contributed by atoms with Gasteiger partial charge in [0.1, 0.15) is 0 Å². The van der Waals surface area contributed by atoms with Crippen LogP contribution in [0.2, 0.25) is 0 Å². The van der Waals surface area contributed by atoms with E-state index in [2.05, 4.69) is 92.3 Å². The summed E-state index contributed by atoms with van der Waals surface area (Å²) >= 11 is 0. The average Bonchev–Trinajstić information content (AvgIpc) is 2.71. The molecule has 0 bridgehead atoms. The van der Waals surface area contributed by atoms with Crippen LogP contribution < -0.4 is 0 Å². The molecular formula is C22H23N. The quantitative estimate of drug-likeness (QED) is 0.713. The molecular weight excluding hydrogens is 278 g/mol. The summed E-state index contributed by atoms with van der Waals surface area (Å²) in [5.74, 6) is 0.274. The molecule has 0 amide bonds. The fourth-order valence-electron chi connectivity index (χ4n) is 3.05. The third-order valence-corrected chi connectivity index (χ3v) is 4.25. The van der Waals surface area contributed by atoms with Crippen molar-refractivity contribution in [1.82, 2.24) is 4.90 Å². The fraction of sp³-hybridized carbons (Fsp3) is 0.182. The lowest BCUT2D eigenvalue weighted by Gasteiger charge is -2.18. The van der Waals surface area contributed by atoms with E-state index in [1.807, 2.05) is 6.08 Å². The van der Waals surface area contributed by atoms with Gasteiger partial charge in [0.15, 0.2) is 0 Å². The summed E-state index contributed by atoms with van der Waals surface area (Å²) in [6.45, 7) is 4.86. The van der Waals surface area contributed by atoms with Gasteiger partial charge in [0, 0.05) is 12.5 Å². The predicted octanol–water partition coefficient (Wildman–Crippen LogP) is 5.06. The van der Waals surface area contributed by atoms with Gasteiger partial charge >= 0.3 is 0 Å². The Hall–Kier alpha value is -2.38. The molecule has 1 aliphatic rings. The van der Waals surface area contributed by atoms with Gasteiger partial charge in [0.05, 0.1) is 0 Å². The summed E-state index contributed by atoms with van der Waals surface area (Å²) in [4.78, 5) is 2.18. The van der Waals surface area contributed by atoms with Crippen LogP contribution >= 0.6 is 0 Å². The Bertz CT molecular complexity index is 765. The van der Waals surface area contributed by atoms with E-state index in [9.17, 15) is 0 Å². The van der Waals surface area contributed by atoms with Crippen molar-refractivity contribution < 1.29 is 0 Å². The van der Waals surface area contributed by atoms with Gasteiger partial charge in [0.25, 0.3) is 0 Å². The first-order valence-corrected chi connectivity index (χ1v) is 8.04. The number of benzene rings is 2. The van der Waals surface area contributed by atoms with E-state index >= 15 is 0 Å². The third-order valence-electron chi connectivity index (χ3n) is 4.25. The first-order chi connectivity index (χ1) is 11.2. The largest absolute Gasteiger partial charge is 0.306 e. The van der Waals surface area contributed by atoms with Crippen LogP contribution in [0.25, 0.3) is 18.2 Å². The summed E-state index contributed by atoms with van der Waals surface area (Å²) < 4.78 is 0. The Morgan fingerprint density at radius 3 is 2.48 bits per heavy atom. The van der Waals surface area contributed by atoms with Crippen LogP contribution in [-0.2, 0) is 0 Å². The first-order valence-electron chi connectivity index (χ1n) is 8.04. The molecule has 0 N–H and O–H groups in total. The minimum Gasteiger partial charge on any atom is -0.306 e. The summed E-state index contributed by atoms with van der Waals surface area (Å²) in [6.07, 6.45) is 11.0. The average molecular weight is 301 g/mol. The number of nitrogens with zero attached hydrogens (tertiary/aromatic N) is 1. The maximum absolute atomic E-state index is 3.92. The Morgan fingerprint density at radius 2 is 1.74 bits per heavy atom. The smallest absolute Gasteiger partial charge is 0.0282 e. The van der Waals surface area contributed by atoms with Gasteiger partial charge in [-0.15, -0.1) is 0 Å². The Labute approximate surface area is 139 Å². The summed E-state index contributed by atoms with van der Waals surface area (Å²) in [7, 11) is 4.19. The van der Waals surface area contributed by atoms with Gasteiger partial charge < -0.3 is 4.90 Å². The second-order valence-corrected chi connectivity index (χ2v) is 6.22. The van der Waals surface area contributed by atoms with E-state index in [1.54, 1.807) is 0 Å². The van der Waals surface area contributed by atoms with Gasteiger partial charge in [-0.3, -0.25) is 0 Å². The van der Waals surface area contributed by atoms with Crippen LogP contribution in [0.3, 0.4) is 0 Å². The van der Waals surface area contributed by atoms with Crippen molar-refractivity contribution in [1.29, 1.82) is 0 Å². The summed E-state index contributed by atoms with van der Waals surface area (Å²) in [5.41, 5.74) is 6.45. The van der Waals surface area contributed by atoms with E-state index in [4.69, 9.17) is 0 Å². The molecule has 1 atom stereocenters. The van der Waals surface area contributed by atoms with Crippen LogP contribution in [0.4, 0.5) is 0 Å². The lowest BCUT2D eigenvalue weighted by atomic mass is 9.86. The highest BCUT2D eigenvalue weighted by Crippen LogP contribution is 2.36. The highest BCUT2D eigenvalue weighted by Gasteiger charge is 2.19. The van der Waals surface area contributed by atoms with Crippen LogP contribution in [-0.4, -0.2) is 25.5 Å². The van der Waals surface area contributed by atoms with Crippen molar-refractivity contribution in [2.75, 3.05) is 20.6 Å². The molecule has 0 radical (unpaired) electrons. The Morgan fingerprint density at radius 1 is 1.00 bits per heavy atom. The van der Waals surface area contributed by atoms with Crippen LogP contribution in [0.1, 0.15) is 33.7 Å². The third kappa shape index (κ3) is 3.35. The molecule has 2 aromatic rings. The highest BCUT2D eigenvalue weighted by molar-refractivity contribution is 5.77. The number of hydrogen-bond donors (Lipinski definition) is 0. The molecule has 0 saturated carbocycles. The monoisotopic (exact) mass is 301 g/mol. The normalized spacial score (nSPS) is 16.2. The minimum absolute atomic E-state index is 0.274. The number of hydrogen-bond acceptors (Lipinski definition) is 1. The lowest BCUT2D eigenvalue weighted by molar-refractivity contribution is 0.456. The van der Waals surface area contributed by atoms with E-state index in [1.165, 1.54) is 27.8 Å². The van der Waals surface area contributed by atoms with E-state index in [0.29, 0.717) is 0 Å². The van der Waals surface area contributed by atoms with Crippen molar-refractivity contribution in [3.63, 3.8) is 0 Å². The van der Waals surface area contributed by atoms with Gasteiger partial charge in [-0.05, 0) is 41.9 Å². The molecule has 0 aromatic heterocycles. The zero-order chi connectivity index (χ0) is 16.2. The maximum atomic E-state index is 3.92. The second-order valence-electron chi connectivity index (χ2n) is 6.22. The molecule has 0 saturated heterocycles. The first kappa shape index (κ1) is 15.5. The molecule has 1 heteroatoms. The molecule has 1 aliphatic carbocycles. The zero-order valence-corrected chi connectivity index (χ0v) is 13.9. The zero-order valence-electron chi connectivity index (χ0n) is 13.9. The van der Waals surface area contributed by atoms with Gasteiger partial charge in [-0.2, -0.15) is 0 Å².